The normalized spacial score (nSPS) is 10.5. The second-order valence-electron chi connectivity index (χ2n) is 5.72. The van der Waals surface area contributed by atoms with Gasteiger partial charge in [0.1, 0.15) is 11.5 Å². The number of rotatable bonds is 8. The summed E-state index contributed by atoms with van der Waals surface area (Å²) in [5.41, 5.74) is 2.54. The Hall–Kier alpha value is -3.28. The number of hydrogen-bond donors (Lipinski definition) is 2. The maximum Gasteiger partial charge on any atom is 0.244 e. The molecule has 2 rings (SSSR count). The molecule has 2 N–H and O–H groups in total. The van der Waals surface area contributed by atoms with Crippen LogP contribution in [0, 0.1) is 0 Å². The average molecular weight is 368 g/mol. The number of para-hydroxylation sites is 1. The Kier molecular flexibility index (Phi) is 7.43. The lowest BCUT2D eigenvalue weighted by Crippen LogP contribution is -2.31. The minimum Gasteiger partial charge on any atom is -0.497 e. The monoisotopic (exact) mass is 368 g/mol. The van der Waals surface area contributed by atoms with Crippen LogP contribution in [0.3, 0.4) is 0 Å². The number of amides is 2. The number of methoxy groups -OCH3 is 2. The van der Waals surface area contributed by atoms with Gasteiger partial charge in [-0.1, -0.05) is 25.1 Å². The number of aryl methyl sites for hydroxylation is 1. The van der Waals surface area contributed by atoms with E-state index in [1.807, 2.05) is 31.2 Å². The standard InChI is InChI=1S/C21H24N2O4/c1-4-15-7-5-6-8-18(15)23-21(25)14-22-20(24)12-10-16-9-11-17(26-2)13-19(16)27-3/h5-13H,4,14H2,1-3H3,(H,22,24)(H,23,25)/b12-10+. The number of carbonyl (C=O) groups excluding carboxylic acids is 2. The van der Waals surface area contributed by atoms with E-state index in [0.29, 0.717) is 11.5 Å². The van der Waals surface area contributed by atoms with Gasteiger partial charge in [-0.25, -0.2) is 0 Å². The van der Waals surface area contributed by atoms with E-state index in [1.54, 1.807) is 38.5 Å². The molecule has 0 aliphatic carbocycles. The van der Waals surface area contributed by atoms with Crippen LogP contribution in [0.25, 0.3) is 6.08 Å². The molecule has 0 atom stereocenters. The quantitative estimate of drug-likeness (QED) is 0.702. The Balaban J connectivity index is 1.90. The summed E-state index contributed by atoms with van der Waals surface area (Å²) in [5, 5.41) is 5.38. The van der Waals surface area contributed by atoms with Gasteiger partial charge in [-0.15, -0.1) is 0 Å². The van der Waals surface area contributed by atoms with E-state index in [2.05, 4.69) is 10.6 Å². The van der Waals surface area contributed by atoms with E-state index in [0.717, 1.165) is 23.2 Å². The first-order valence-electron chi connectivity index (χ1n) is 8.63. The van der Waals surface area contributed by atoms with Crippen molar-refractivity contribution in [2.45, 2.75) is 13.3 Å². The highest BCUT2D eigenvalue weighted by Crippen LogP contribution is 2.25. The molecular formula is C21H24N2O4. The molecule has 142 valence electrons. The van der Waals surface area contributed by atoms with Crippen molar-refractivity contribution < 1.29 is 19.1 Å². The van der Waals surface area contributed by atoms with Gasteiger partial charge in [-0.3, -0.25) is 9.59 Å². The molecular weight excluding hydrogens is 344 g/mol. The predicted octanol–water partition coefficient (Wildman–Crippen LogP) is 3.03. The minimum absolute atomic E-state index is 0.110. The van der Waals surface area contributed by atoms with Gasteiger partial charge in [-0.05, 0) is 36.3 Å². The molecule has 0 fully saturated rings. The molecule has 0 heterocycles. The van der Waals surface area contributed by atoms with Crippen molar-refractivity contribution in [3.05, 3.63) is 59.7 Å². The molecule has 2 amide bonds. The lowest BCUT2D eigenvalue weighted by atomic mass is 10.1. The first-order chi connectivity index (χ1) is 13.1. The van der Waals surface area contributed by atoms with Gasteiger partial charge in [0.25, 0.3) is 0 Å². The summed E-state index contributed by atoms with van der Waals surface area (Å²) in [4.78, 5) is 24.0. The van der Waals surface area contributed by atoms with Gasteiger partial charge >= 0.3 is 0 Å². The third-order valence-electron chi connectivity index (χ3n) is 3.95. The van der Waals surface area contributed by atoms with E-state index < -0.39 is 0 Å². The first kappa shape index (κ1) is 20.0. The van der Waals surface area contributed by atoms with Crippen LogP contribution in [-0.4, -0.2) is 32.6 Å². The molecule has 0 aromatic heterocycles. The molecule has 0 saturated carbocycles. The van der Waals surface area contributed by atoms with Crippen LogP contribution >= 0.6 is 0 Å². The molecule has 0 saturated heterocycles. The largest absolute Gasteiger partial charge is 0.497 e. The zero-order valence-corrected chi connectivity index (χ0v) is 15.7. The SMILES string of the molecule is CCc1ccccc1NC(=O)CNC(=O)/C=C/c1ccc(OC)cc1OC. The number of ether oxygens (including phenoxy) is 2. The highest BCUT2D eigenvalue weighted by molar-refractivity contribution is 5.98. The van der Waals surface area contributed by atoms with Crippen LogP contribution in [0.5, 0.6) is 11.5 Å². The third kappa shape index (κ3) is 5.88. The summed E-state index contributed by atoms with van der Waals surface area (Å²) < 4.78 is 10.4. The molecule has 0 spiro atoms. The molecule has 0 unspecified atom stereocenters. The molecule has 0 radical (unpaired) electrons. The van der Waals surface area contributed by atoms with Gasteiger partial charge in [0.2, 0.25) is 11.8 Å². The fraction of sp³-hybridized carbons (Fsp3) is 0.238. The number of anilines is 1. The molecule has 0 aliphatic rings. The van der Waals surface area contributed by atoms with Crippen LogP contribution in [0.15, 0.2) is 48.5 Å². The summed E-state index contributed by atoms with van der Waals surface area (Å²) in [6.45, 7) is 1.91. The topological polar surface area (TPSA) is 76.7 Å². The van der Waals surface area contributed by atoms with Crippen molar-refractivity contribution in [3.8, 4) is 11.5 Å². The Morgan fingerprint density at radius 3 is 2.56 bits per heavy atom. The lowest BCUT2D eigenvalue weighted by molar-refractivity contribution is -0.121. The number of carbonyl (C=O) groups is 2. The van der Waals surface area contributed by atoms with Crippen molar-refractivity contribution in [3.63, 3.8) is 0 Å². The van der Waals surface area contributed by atoms with Gasteiger partial charge in [0.15, 0.2) is 0 Å². The van der Waals surface area contributed by atoms with Crippen LogP contribution in [0.1, 0.15) is 18.1 Å². The number of hydrogen-bond acceptors (Lipinski definition) is 4. The summed E-state index contributed by atoms with van der Waals surface area (Å²) in [6.07, 6.45) is 3.80. The molecule has 27 heavy (non-hydrogen) atoms. The predicted molar refractivity (Wildman–Crippen MR) is 106 cm³/mol. The number of nitrogens with one attached hydrogen (secondary N) is 2. The number of benzene rings is 2. The van der Waals surface area contributed by atoms with Gasteiger partial charge in [-0.2, -0.15) is 0 Å². The Labute approximate surface area is 159 Å². The first-order valence-corrected chi connectivity index (χ1v) is 8.63. The van der Waals surface area contributed by atoms with E-state index >= 15 is 0 Å². The van der Waals surface area contributed by atoms with Gasteiger partial charge < -0.3 is 20.1 Å². The van der Waals surface area contributed by atoms with E-state index in [-0.39, 0.29) is 18.4 Å². The van der Waals surface area contributed by atoms with Gasteiger partial charge in [0, 0.05) is 23.4 Å². The maximum absolute atomic E-state index is 12.0. The van der Waals surface area contributed by atoms with Crippen LogP contribution in [-0.2, 0) is 16.0 Å². The molecule has 0 bridgehead atoms. The summed E-state index contributed by atoms with van der Waals surface area (Å²) >= 11 is 0. The van der Waals surface area contributed by atoms with Crippen molar-refractivity contribution in [1.82, 2.24) is 5.32 Å². The average Bonchev–Trinajstić information content (AvgIpc) is 2.70. The highest BCUT2D eigenvalue weighted by atomic mass is 16.5. The minimum atomic E-state index is -0.369. The van der Waals surface area contributed by atoms with E-state index in [4.69, 9.17) is 9.47 Å². The fourth-order valence-electron chi connectivity index (χ4n) is 2.49. The smallest absolute Gasteiger partial charge is 0.244 e. The van der Waals surface area contributed by atoms with Crippen molar-refractivity contribution in [2.24, 2.45) is 0 Å². The highest BCUT2D eigenvalue weighted by Gasteiger charge is 2.07. The molecule has 6 heteroatoms. The second kappa shape index (κ2) is 10.0. The lowest BCUT2D eigenvalue weighted by Gasteiger charge is -2.10. The molecule has 0 aliphatic heterocycles. The third-order valence-corrected chi connectivity index (χ3v) is 3.95. The van der Waals surface area contributed by atoms with Crippen molar-refractivity contribution in [1.29, 1.82) is 0 Å². The Bertz CT molecular complexity index is 831. The van der Waals surface area contributed by atoms with Crippen LogP contribution < -0.4 is 20.1 Å². The van der Waals surface area contributed by atoms with Crippen molar-refractivity contribution in [2.75, 3.05) is 26.1 Å². The fourth-order valence-corrected chi connectivity index (χ4v) is 2.49. The zero-order chi connectivity index (χ0) is 19.6. The molecule has 2 aromatic carbocycles. The van der Waals surface area contributed by atoms with Gasteiger partial charge in [0.05, 0.1) is 20.8 Å². The summed E-state index contributed by atoms with van der Waals surface area (Å²) in [7, 11) is 3.12. The second-order valence-corrected chi connectivity index (χ2v) is 5.72. The molecule has 2 aromatic rings. The van der Waals surface area contributed by atoms with E-state index in [1.165, 1.54) is 6.08 Å². The van der Waals surface area contributed by atoms with Crippen LogP contribution in [0.4, 0.5) is 5.69 Å². The maximum atomic E-state index is 12.0. The zero-order valence-electron chi connectivity index (χ0n) is 15.7. The van der Waals surface area contributed by atoms with E-state index in [9.17, 15) is 9.59 Å². The molecule has 6 nitrogen and oxygen atoms in total. The summed E-state index contributed by atoms with van der Waals surface area (Å²) in [5.74, 6) is 0.608. The summed E-state index contributed by atoms with van der Waals surface area (Å²) in [6, 6.07) is 12.9. The Morgan fingerprint density at radius 1 is 1.07 bits per heavy atom. The van der Waals surface area contributed by atoms with Crippen molar-refractivity contribution >= 4 is 23.6 Å². The Morgan fingerprint density at radius 2 is 1.85 bits per heavy atom. The van der Waals surface area contributed by atoms with Crippen LogP contribution in [0.2, 0.25) is 0 Å².